The summed E-state index contributed by atoms with van der Waals surface area (Å²) in [6.45, 7) is 4.14. The number of para-hydroxylation sites is 1. The normalized spacial score (nSPS) is 11.8. The Morgan fingerprint density at radius 2 is 1.81 bits per heavy atom. The van der Waals surface area contributed by atoms with Crippen molar-refractivity contribution in [2.45, 2.75) is 26.3 Å². The van der Waals surface area contributed by atoms with Crippen molar-refractivity contribution in [1.29, 1.82) is 0 Å². The number of thiocarbonyl (C=S) groups is 1. The lowest BCUT2D eigenvalue weighted by molar-refractivity contribution is 0.624. The highest BCUT2D eigenvalue weighted by molar-refractivity contribution is 7.80. The number of aryl methyl sites for hydroxylation is 1. The van der Waals surface area contributed by atoms with E-state index >= 15 is 0 Å². The number of halogens is 1. The summed E-state index contributed by atoms with van der Waals surface area (Å²) >= 11 is 5.28. The second kappa shape index (κ2) is 7.18. The molecule has 0 fully saturated rings. The highest BCUT2D eigenvalue weighted by Crippen LogP contribution is 2.18. The number of benzene rings is 2. The molecule has 2 nitrogen and oxygen atoms in total. The van der Waals surface area contributed by atoms with Gasteiger partial charge in [0.05, 0.1) is 11.7 Å². The third kappa shape index (κ3) is 4.26. The zero-order valence-electron chi connectivity index (χ0n) is 12.2. The van der Waals surface area contributed by atoms with Crippen LogP contribution in [0.1, 0.15) is 30.5 Å². The highest BCUT2D eigenvalue weighted by atomic mass is 32.1. The van der Waals surface area contributed by atoms with Crippen LogP contribution in [0.4, 0.5) is 10.1 Å². The zero-order valence-corrected chi connectivity index (χ0v) is 13.0. The average molecular weight is 302 g/mol. The number of nitrogens with one attached hydrogen (secondary N) is 2. The molecule has 0 aliphatic carbocycles. The summed E-state index contributed by atoms with van der Waals surface area (Å²) in [5, 5.41) is 6.56. The van der Waals surface area contributed by atoms with Crippen molar-refractivity contribution in [2.75, 3.05) is 5.32 Å². The van der Waals surface area contributed by atoms with E-state index in [2.05, 4.69) is 48.7 Å². The molecule has 21 heavy (non-hydrogen) atoms. The second-order valence-corrected chi connectivity index (χ2v) is 5.36. The Morgan fingerprint density at radius 1 is 1.14 bits per heavy atom. The Balaban J connectivity index is 2.03. The first-order valence-electron chi connectivity index (χ1n) is 6.98. The Hall–Kier alpha value is -1.94. The van der Waals surface area contributed by atoms with E-state index < -0.39 is 0 Å². The summed E-state index contributed by atoms with van der Waals surface area (Å²) < 4.78 is 13.6. The van der Waals surface area contributed by atoms with Crippen LogP contribution in [0.3, 0.4) is 0 Å². The fraction of sp³-hybridized carbons (Fsp3) is 0.235. The summed E-state index contributed by atoms with van der Waals surface area (Å²) in [6.07, 6.45) is 0.891. The van der Waals surface area contributed by atoms with E-state index in [4.69, 9.17) is 12.2 Å². The van der Waals surface area contributed by atoms with Gasteiger partial charge in [-0.1, -0.05) is 48.9 Å². The number of hydrogen-bond acceptors (Lipinski definition) is 1. The summed E-state index contributed by atoms with van der Waals surface area (Å²) in [5.74, 6) is -0.315. The second-order valence-electron chi connectivity index (χ2n) is 4.95. The van der Waals surface area contributed by atoms with Crippen molar-refractivity contribution in [2.24, 2.45) is 0 Å². The molecule has 0 radical (unpaired) electrons. The number of hydrogen-bond donors (Lipinski definition) is 2. The molecule has 0 saturated carbocycles. The molecule has 1 atom stereocenters. The lowest BCUT2D eigenvalue weighted by Gasteiger charge is -2.20. The van der Waals surface area contributed by atoms with Gasteiger partial charge in [0.25, 0.3) is 0 Å². The van der Waals surface area contributed by atoms with Gasteiger partial charge in [-0.25, -0.2) is 4.39 Å². The van der Waals surface area contributed by atoms with Crippen molar-refractivity contribution >= 4 is 23.0 Å². The Labute approximate surface area is 130 Å². The molecule has 0 aliphatic heterocycles. The van der Waals surface area contributed by atoms with Gasteiger partial charge in [-0.3, -0.25) is 0 Å². The molecule has 0 bridgehead atoms. The zero-order chi connectivity index (χ0) is 15.2. The molecule has 0 saturated heterocycles. The van der Waals surface area contributed by atoms with Crippen molar-refractivity contribution in [1.82, 2.24) is 5.32 Å². The van der Waals surface area contributed by atoms with Gasteiger partial charge in [0, 0.05) is 0 Å². The molecule has 0 spiro atoms. The third-order valence-corrected chi connectivity index (χ3v) is 3.54. The lowest BCUT2D eigenvalue weighted by atomic mass is 10.0. The standard InChI is InChI=1S/C17H19FN2S/c1-3-15(13-10-8-12(2)9-11-13)19-17(21)20-16-7-5-4-6-14(16)18/h4-11,15H,3H2,1-2H3,(H2,19,20,21)/t15-/m0/s1. The van der Waals surface area contributed by atoms with Crippen LogP contribution in [0.25, 0.3) is 0 Å². The first-order valence-corrected chi connectivity index (χ1v) is 7.39. The van der Waals surface area contributed by atoms with Crippen LogP contribution in [0.2, 0.25) is 0 Å². The molecule has 2 rings (SSSR count). The molecule has 110 valence electrons. The van der Waals surface area contributed by atoms with Gasteiger partial charge in [0.2, 0.25) is 0 Å². The molecular weight excluding hydrogens is 283 g/mol. The van der Waals surface area contributed by atoms with Crippen molar-refractivity contribution in [3.05, 3.63) is 65.5 Å². The minimum Gasteiger partial charge on any atom is -0.356 e. The summed E-state index contributed by atoms with van der Waals surface area (Å²) in [7, 11) is 0. The first kappa shape index (κ1) is 15.4. The van der Waals surface area contributed by atoms with Crippen molar-refractivity contribution < 1.29 is 4.39 Å². The molecular formula is C17H19FN2S. The molecule has 0 unspecified atom stereocenters. The van der Waals surface area contributed by atoms with Crippen LogP contribution in [0, 0.1) is 12.7 Å². The summed E-state index contributed by atoms with van der Waals surface area (Å²) in [4.78, 5) is 0. The van der Waals surface area contributed by atoms with E-state index in [0.29, 0.717) is 10.8 Å². The topological polar surface area (TPSA) is 24.1 Å². The molecule has 0 aromatic heterocycles. The van der Waals surface area contributed by atoms with Crippen LogP contribution >= 0.6 is 12.2 Å². The van der Waals surface area contributed by atoms with E-state index in [1.54, 1.807) is 18.2 Å². The molecule has 0 amide bonds. The first-order chi connectivity index (χ1) is 10.1. The van der Waals surface area contributed by atoms with E-state index in [-0.39, 0.29) is 11.9 Å². The molecule has 0 aliphatic rings. The predicted octanol–water partition coefficient (Wildman–Crippen LogP) is 4.57. The monoisotopic (exact) mass is 302 g/mol. The quantitative estimate of drug-likeness (QED) is 0.809. The maximum Gasteiger partial charge on any atom is 0.171 e. The van der Waals surface area contributed by atoms with Crippen LogP contribution in [-0.4, -0.2) is 5.11 Å². The Bertz CT molecular complexity index is 610. The van der Waals surface area contributed by atoms with Crippen molar-refractivity contribution in [3.63, 3.8) is 0 Å². The highest BCUT2D eigenvalue weighted by Gasteiger charge is 2.11. The Kier molecular flexibility index (Phi) is 5.28. The minimum atomic E-state index is -0.315. The fourth-order valence-corrected chi connectivity index (χ4v) is 2.35. The van der Waals surface area contributed by atoms with Crippen LogP contribution < -0.4 is 10.6 Å². The maximum absolute atomic E-state index is 13.6. The van der Waals surface area contributed by atoms with E-state index in [1.165, 1.54) is 17.2 Å². The van der Waals surface area contributed by atoms with Gasteiger partial charge in [0.1, 0.15) is 5.82 Å². The smallest absolute Gasteiger partial charge is 0.171 e. The van der Waals surface area contributed by atoms with Gasteiger partial charge in [-0.2, -0.15) is 0 Å². The number of anilines is 1. The number of rotatable bonds is 4. The van der Waals surface area contributed by atoms with Gasteiger partial charge >= 0.3 is 0 Å². The van der Waals surface area contributed by atoms with Crippen LogP contribution in [0.15, 0.2) is 48.5 Å². The van der Waals surface area contributed by atoms with E-state index in [9.17, 15) is 4.39 Å². The van der Waals surface area contributed by atoms with E-state index in [0.717, 1.165) is 6.42 Å². The maximum atomic E-state index is 13.6. The SMILES string of the molecule is CC[C@H](NC(=S)Nc1ccccc1F)c1ccc(C)cc1. The van der Waals surface area contributed by atoms with Gasteiger partial charge in [0.15, 0.2) is 5.11 Å². The molecule has 4 heteroatoms. The fourth-order valence-electron chi connectivity index (χ4n) is 2.10. The van der Waals surface area contributed by atoms with Gasteiger partial charge in [-0.15, -0.1) is 0 Å². The van der Waals surface area contributed by atoms with E-state index in [1.807, 2.05) is 0 Å². The van der Waals surface area contributed by atoms with Crippen molar-refractivity contribution in [3.8, 4) is 0 Å². The largest absolute Gasteiger partial charge is 0.356 e. The molecule has 2 aromatic carbocycles. The summed E-state index contributed by atoms with van der Waals surface area (Å²) in [6, 6.07) is 14.9. The van der Waals surface area contributed by atoms with Crippen LogP contribution in [0.5, 0.6) is 0 Å². The van der Waals surface area contributed by atoms with Gasteiger partial charge in [-0.05, 0) is 43.3 Å². The lowest BCUT2D eigenvalue weighted by Crippen LogP contribution is -2.32. The molecule has 2 aromatic rings. The van der Waals surface area contributed by atoms with Gasteiger partial charge < -0.3 is 10.6 Å². The average Bonchev–Trinajstić information content (AvgIpc) is 2.48. The van der Waals surface area contributed by atoms with Crippen LogP contribution in [-0.2, 0) is 0 Å². The molecule has 2 N–H and O–H groups in total. The molecule has 0 heterocycles. The Morgan fingerprint density at radius 3 is 2.43 bits per heavy atom. The summed E-state index contributed by atoms with van der Waals surface area (Å²) in [5.41, 5.74) is 2.77. The predicted molar refractivity (Wildman–Crippen MR) is 90.0 cm³/mol. The third-order valence-electron chi connectivity index (χ3n) is 3.32. The minimum absolute atomic E-state index is 0.109.